The second kappa shape index (κ2) is 12.2. The molecule has 9 aromatic carbocycles. The summed E-state index contributed by atoms with van der Waals surface area (Å²) in [6.07, 6.45) is 0. The molecule has 0 saturated heterocycles. The van der Waals surface area contributed by atoms with Crippen molar-refractivity contribution in [3.05, 3.63) is 188 Å². The molecule has 0 N–H and O–H groups in total. The first-order valence-corrected chi connectivity index (χ1v) is 19.7. The van der Waals surface area contributed by atoms with E-state index in [0.717, 1.165) is 83.2 Å². The second-order valence-corrected chi connectivity index (χ2v) is 15.5. The van der Waals surface area contributed by atoms with Crippen LogP contribution in [0.4, 0.5) is 17.1 Å². The Kier molecular flexibility index (Phi) is 6.80. The molecule has 0 aliphatic heterocycles. The Balaban J connectivity index is 1.04. The van der Waals surface area contributed by atoms with Gasteiger partial charge in [0.15, 0.2) is 0 Å². The highest BCUT2D eigenvalue weighted by Gasteiger charge is 2.21. The maximum Gasteiger partial charge on any atom is 0.143 e. The van der Waals surface area contributed by atoms with Gasteiger partial charge in [-0.25, -0.2) is 0 Å². The van der Waals surface area contributed by atoms with Crippen LogP contribution >= 0.6 is 11.3 Å². The molecule has 0 radical (unpaired) electrons. The molecule has 4 heteroatoms. The van der Waals surface area contributed by atoms with Crippen molar-refractivity contribution in [1.29, 1.82) is 0 Å². The van der Waals surface area contributed by atoms with Crippen LogP contribution in [0, 0.1) is 0 Å². The van der Waals surface area contributed by atoms with Gasteiger partial charge in [0.2, 0.25) is 0 Å². The molecule has 0 unspecified atom stereocenters. The summed E-state index contributed by atoms with van der Waals surface area (Å²) in [5.41, 5.74) is 11.3. The molecule has 0 spiro atoms. The molecule has 56 heavy (non-hydrogen) atoms. The summed E-state index contributed by atoms with van der Waals surface area (Å²) in [5, 5.41) is 9.60. The molecule has 0 saturated carbocycles. The summed E-state index contributed by atoms with van der Waals surface area (Å²) >= 11 is 1.86. The van der Waals surface area contributed by atoms with Crippen LogP contribution in [0.25, 0.3) is 97.1 Å². The van der Waals surface area contributed by atoms with Crippen LogP contribution in [0.3, 0.4) is 0 Å². The average Bonchev–Trinajstić information content (AvgIpc) is 3.96. The zero-order chi connectivity index (χ0) is 36.7. The molecule has 262 valence electrons. The normalized spacial score (nSPS) is 11.9. The first-order chi connectivity index (χ1) is 27.8. The fourth-order valence-corrected chi connectivity index (χ4v) is 9.87. The van der Waals surface area contributed by atoms with E-state index in [-0.39, 0.29) is 0 Å². The van der Waals surface area contributed by atoms with Gasteiger partial charge in [0.05, 0.1) is 5.69 Å². The van der Waals surface area contributed by atoms with E-state index < -0.39 is 0 Å². The minimum absolute atomic E-state index is 0.904. The Labute approximate surface area is 325 Å². The highest BCUT2D eigenvalue weighted by molar-refractivity contribution is 7.26. The van der Waals surface area contributed by atoms with E-state index >= 15 is 0 Å². The molecule has 12 aromatic rings. The number of anilines is 3. The van der Waals surface area contributed by atoms with Crippen LogP contribution in [-0.2, 0) is 0 Å². The standard InChI is InChI=1S/C52H31NO2S/c1-2-14-41-38(11-1)45(31-49-50(41)44-15-5-8-22-48(44)56-49)53(34-27-23-32(24-28-34)36-16-9-18-42-39-12-3-6-20-46(39)54-51(36)42)35-29-25-33(26-30-35)37-17-10-19-43-40-13-4-7-21-47(40)55-52(37)43/h1-31H. The number of benzene rings is 9. The lowest BCUT2D eigenvalue weighted by Gasteiger charge is -2.27. The molecule has 0 bridgehead atoms. The molecule has 12 rings (SSSR count). The molecular formula is C52H31NO2S. The van der Waals surface area contributed by atoms with E-state index in [2.05, 4.69) is 169 Å². The predicted molar refractivity (Wildman–Crippen MR) is 237 cm³/mol. The zero-order valence-electron chi connectivity index (χ0n) is 30.1. The largest absolute Gasteiger partial charge is 0.455 e. The van der Waals surface area contributed by atoms with E-state index in [1.54, 1.807) is 0 Å². The summed E-state index contributed by atoms with van der Waals surface area (Å²) < 4.78 is 15.5. The van der Waals surface area contributed by atoms with Gasteiger partial charge < -0.3 is 13.7 Å². The smallest absolute Gasteiger partial charge is 0.143 e. The van der Waals surface area contributed by atoms with Gasteiger partial charge in [-0.15, -0.1) is 11.3 Å². The lowest BCUT2D eigenvalue weighted by atomic mass is 9.99. The summed E-state index contributed by atoms with van der Waals surface area (Å²) in [4.78, 5) is 2.41. The minimum atomic E-state index is 0.904. The summed E-state index contributed by atoms with van der Waals surface area (Å²) in [5.74, 6) is 0. The van der Waals surface area contributed by atoms with Crippen LogP contribution in [0.15, 0.2) is 197 Å². The van der Waals surface area contributed by atoms with Crippen LogP contribution in [-0.4, -0.2) is 0 Å². The Morgan fingerprint density at radius 2 is 0.821 bits per heavy atom. The van der Waals surface area contributed by atoms with Crippen molar-refractivity contribution in [2.24, 2.45) is 0 Å². The van der Waals surface area contributed by atoms with Gasteiger partial charge in [0.1, 0.15) is 22.3 Å². The molecule has 0 amide bonds. The van der Waals surface area contributed by atoms with Gasteiger partial charge in [-0.3, -0.25) is 0 Å². The number of hydrogen-bond acceptors (Lipinski definition) is 4. The van der Waals surface area contributed by atoms with Crippen molar-refractivity contribution in [3.63, 3.8) is 0 Å². The summed E-state index contributed by atoms with van der Waals surface area (Å²) in [6, 6.07) is 67.2. The molecule has 0 aliphatic rings. The van der Waals surface area contributed by atoms with Crippen LogP contribution in [0.2, 0.25) is 0 Å². The SMILES string of the molecule is c1ccc2c(c1)oc1c(-c3ccc(N(c4ccc(-c5cccc6c5oc5ccccc56)cc4)c4cc5sc6ccccc6c5c5ccccc45)cc3)cccc12. The Morgan fingerprint density at radius 1 is 0.357 bits per heavy atom. The van der Waals surface area contributed by atoms with E-state index in [1.807, 2.05) is 35.6 Å². The lowest BCUT2D eigenvalue weighted by molar-refractivity contribution is 0.669. The van der Waals surface area contributed by atoms with E-state index in [9.17, 15) is 0 Å². The van der Waals surface area contributed by atoms with Crippen LogP contribution < -0.4 is 4.90 Å². The van der Waals surface area contributed by atoms with E-state index in [0.29, 0.717) is 0 Å². The summed E-state index contributed by atoms with van der Waals surface area (Å²) in [7, 11) is 0. The minimum Gasteiger partial charge on any atom is -0.455 e. The van der Waals surface area contributed by atoms with Crippen molar-refractivity contribution in [3.8, 4) is 22.3 Å². The van der Waals surface area contributed by atoms with Gasteiger partial charge >= 0.3 is 0 Å². The molecular weight excluding hydrogens is 703 g/mol. The zero-order valence-corrected chi connectivity index (χ0v) is 30.9. The van der Waals surface area contributed by atoms with Gasteiger partial charge in [0.25, 0.3) is 0 Å². The lowest BCUT2D eigenvalue weighted by Crippen LogP contribution is -2.10. The average molecular weight is 734 g/mol. The first kappa shape index (κ1) is 31.2. The number of fused-ring (bicyclic) bond motifs is 11. The third-order valence-corrected chi connectivity index (χ3v) is 12.4. The molecule has 0 atom stereocenters. The van der Waals surface area contributed by atoms with E-state index in [1.165, 1.54) is 30.9 Å². The molecule has 3 heterocycles. The Bertz CT molecular complexity index is 3320. The van der Waals surface area contributed by atoms with Gasteiger partial charge in [0, 0.05) is 69.6 Å². The number of nitrogens with zero attached hydrogens (tertiary/aromatic N) is 1. The third-order valence-electron chi connectivity index (χ3n) is 11.3. The number of para-hydroxylation sites is 4. The van der Waals surface area contributed by atoms with Crippen molar-refractivity contribution in [2.45, 2.75) is 0 Å². The quantitative estimate of drug-likeness (QED) is 0.176. The second-order valence-electron chi connectivity index (χ2n) is 14.4. The van der Waals surface area contributed by atoms with Crippen molar-refractivity contribution >= 4 is 103 Å². The number of furan rings is 2. The molecule has 0 aliphatic carbocycles. The number of hydrogen-bond donors (Lipinski definition) is 0. The maximum atomic E-state index is 6.44. The fraction of sp³-hybridized carbons (Fsp3) is 0. The predicted octanol–water partition coefficient (Wildman–Crippen LogP) is 15.8. The topological polar surface area (TPSA) is 29.5 Å². The summed E-state index contributed by atoms with van der Waals surface area (Å²) in [6.45, 7) is 0. The number of thiophene rings is 1. The molecule has 3 aromatic heterocycles. The highest BCUT2D eigenvalue weighted by Crippen LogP contribution is 2.47. The first-order valence-electron chi connectivity index (χ1n) is 18.9. The van der Waals surface area contributed by atoms with Crippen molar-refractivity contribution in [1.82, 2.24) is 0 Å². The van der Waals surface area contributed by atoms with Gasteiger partial charge in [-0.2, -0.15) is 0 Å². The van der Waals surface area contributed by atoms with Crippen LogP contribution in [0.1, 0.15) is 0 Å². The van der Waals surface area contributed by atoms with Crippen LogP contribution in [0.5, 0.6) is 0 Å². The maximum absolute atomic E-state index is 6.44. The van der Waals surface area contributed by atoms with Crippen molar-refractivity contribution in [2.75, 3.05) is 4.90 Å². The molecule has 3 nitrogen and oxygen atoms in total. The van der Waals surface area contributed by atoms with Gasteiger partial charge in [-0.1, -0.05) is 140 Å². The fourth-order valence-electron chi connectivity index (χ4n) is 8.71. The molecule has 0 fully saturated rings. The Morgan fingerprint density at radius 3 is 1.39 bits per heavy atom. The van der Waals surface area contributed by atoms with E-state index in [4.69, 9.17) is 8.83 Å². The number of rotatable bonds is 5. The third kappa shape index (κ3) is 4.70. The highest BCUT2D eigenvalue weighted by atomic mass is 32.1. The van der Waals surface area contributed by atoms with Crippen molar-refractivity contribution < 1.29 is 8.83 Å². The monoisotopic (exact) mass is 733 g/mol. The Hall–Kier alpha value is -7.14. The van der Waals surface area contributed by atoms with Gasteiger partial charge in [-0.05, 0) is 65.0 Å².